The molecule has 1 amide bonds. The number of morpholine rings is 1. The quantitative estimate of drug-likeness (QED) is 0.822. The van der Waals surface area contributed by atoms with Gasteiger partial charge >= 0.3 is 5.97 Å². The Labute approximate surface area is 159 Å². The molecule has 1 N–H and O–H groups in total. The molecular weight excluding hydrogens is 344 g/mol. The van der Waals surface area contributed by atoms with Crippen LogP contribution in [-0.2, 0) is 14.3 Å². The Morgan fingerprint density at radius 2 is 1.67 bits per heavy atom. The number of carbonyl (C=O) groups is 2. The Balaban J connectivity index is 1.54. The molecule has 1 saturated heterocycles. The van der Waals surface area contributed by atoms with E-state index in [-0.39, 0.29) is 5.91 Å². The van der Waals surface area contributed by atoms with Crippen molar-refractivity contribution in [2.75, 3.05) is 36.5 Å². The van der Waals surface area contributed by atoms with Crippen LogP contribution in [0.5, 0.6) is 0 Å². The Hall–Kier alpha value is -2.86. The number of amides is 1. The van der Waals surface area contributed by atoms with Crippen molar-refractivity contribution in [2.45, 2.75) is 20.0 Å². The van der Waals surface area contributed by atoms with Crippen molar-refractivity contribution in [2.24, 2.45) is 0 Å². The first-order chi connectivity index (χ1) is 13.0. The normalized spacial score (nSPS) is 15.1. The highest BCUT2D eigenvalue weighted by Crippen LogP contribution is 2.19. The van der Waals surface area contributed by atoms with Gasteiger partial charge in [0.15, 0.2) is 6.10 Å². The van der Waals surface area contributed by atoms with Gasteiger partial charge in [0.1, 0.15) is 0 Å². The second-order valence-corrected chi connectivity index (χ2v) is 6.55. The maximum atomic E-state index is 12.3. The average Bonchev–Trinajstić information content (AvgIpc) is 2.69. The zero-order valence-corrected chi connectivity index (χ0v) is 15.6. The second kappa shape index (κ2) is 8.68. The molecule has 0 spiro atoms. The first kappa shape index (κ1) is 18.9. The Morgan fingerprint density at radius 1 is 1.04 bits per heavy atom. The fraction of sp³-hybridized carbons (Fsp3) is 0.333. The Kier molecular flexibility index (Phi) is 6.08. The number of hydrogen-bond acceptors (Lipinski definition) is 5. The van der Waals surface area contributed by atoms with E-state index in [1.807, 2.05) is 43.3 Å². The van der Waals surface area contributed by atoms with Gasteiger partial charge in [0.2, 0.25) is 0 Å². The van der Waals surface area contributed by atoms with Gasteiger partial charge in [-0.25, -0.2) is 4.79 Å². The van der Waals surface area contributed by atoms with Gasteiger partial charge in [0.05, 0.1) is 18.8 Å². The topological polar surface area (TPSA) is 67.9 Å². The molecule has 27 heavy (non-hydrogen) atoms. The summed E-state index contributed by atoms with van der Waals surface area (Å²) in [5.74, 6) is -0.880. The van der Waals surface area contributed by atoms with E-state index >= 15 is 0 Å². The van der Waals surface area contributed by atoms with Gasteiger partial charge in [-0.1, -0.05) is 17.7 Å². The maximum absolute atomic E-state index is 12.3. The number of ether oxygens (including phenoxy) is 2. The molecular formula is C21H24N2O4. The van der Waals surface area contributed by atoms with Crippen LogP contribution in [0.2, 0.25) is 0 Å². The van der Waals surface area contributed by atoms with Crippen molar-refractivity contribution >= 4 is 23.3 Å². The summed E-state index contributed by atoms with van der Waals surface area (Å²) >= 11 is 0. The van der Waals surface area contributed by atoms with Gasteiger partial charge < -0.3 is 19.7 Å². The lowest BCUT2D eigenvalue weighted by Crippen LogP contribution is -2.36. The van der Waals surface area contributed by atoms with E-state index < -0.39 is 12.1 Å². The smallest absolute Gasteiger partial charge is 0.338 e. The monoisotopic (exact) mass is 368 g/mol. The second-order valence-electron chi connectivity index (χ2n) is 6.55. The van der Waals surface area contributed by atoms with Gasteiger partial charge in [-0.2, -0.15) is 0 Å². The molecule has 0 aromatic heterocycles. The van der Waals surface area contributed by atoms with E-state index in [0.717, 1.165) is 37.6 Å². The molecule has 0 radical (unpaired) electrons. The Bertz CT molecular complexity index is 781. The molecule has 1 atom stereocenters. The van der Waals surface area contributed by atoms with Crippen LogP contribution >= 0.6 is 0 Å². The minimum Gasteiger partial charge on any atom is -0.449 e. The summed E-state index contributed by atoms with van der Waals surface area (Å²) in [5, 5.41) is 2.78. The first-order valence-corrected chi connectivity index (χ1v) is 9.04. The molecule has 0 unspecified atom stereocenters. The first-order valence-electron chi connectivity index (χ1n) is 9.04. The largest absolute Gasteiger partial charge is 0.449 e. The van der Waals surface area contributed by atoms with Crippen LogP contribution in [0.25, 0.3) is 0 Å². The molecule has 1 aliphatic rings. The predicted molar refractivity (Wildman–Crippen MR) is 104 cm³/mol. The lowest BCUT2D eigenvalue weighted by molar-refractivity contribution is -0.123. The van der Waals surface area contributed by atoms with E-state index in [1.165, 1.54) is 0 Å². The van der Waals surface area contributed by atoms with E-state index in [4.69, 9.17) is 9.47 Å². The van der Waals surface area contributed by atoms with Crippen molar-refractivity contribution in [3.05, 3.63) is 59.7 Å². The molecule has 6 nitrogen and oxygen atoms in total. The molecule has 2 aromatic carbocycles. The molecule has 3 rings (SSSR count). The third kappa shape index (κ3) is 5.08. The SMILES string of the molecule is Cc1ccc(C(=O)O[C@@H](C)C(=O)Nc2ccc(N3CCOCC3)cc2)cc1. The van der Waals surface area contributed by atoms with Crippen molar-refractivity contribution < 1.29 is 19.1 Å². The van der Waals surface area contributed by atoms with Crippen molar-refractivity contribution in [3.63, 3.8) is 0 Å². The highest BCUT2D eigenvalue weighted by molar-refractivity contribution is 5.97. The lowest BCUT2D eigenvalue weighted by atomic mass is 10.1. The van der Waals surface area contributed by atoms with Crippen molar-refractivity contribution in [3.8, 4) is 0 Å². The number of benzene rings is 2. The van der Waals surface area contributed by atoms with Gasteiger partial charge in [-0.3, -0.25) is 4.79 Å². The zero-order valence-electron chi connectivity index (χ0n) is 15.6. The van der Waals surface area contributed by atoms with Crippen LogP contribution in [-0.4, -0.2) is 44.3 Å². The van der Waals surface area contributed by atoms with Crippen molar-refractivity contribution in [1.29, 1.82) is 0 Å². The van der Waals surface area contributed by atoms with E-state index in [1.54, 1.807) is 19.1 Å². The summed E-state index contributed by atoms with van der Waals surface area (Å²) in [6.45, 7) is 6.67. The van der Waals surface area contributed by atoms with Crippen LogP contribution in [0.15, 0.2) is 48.5 Å². The van der Waals surface area contributed by atoms with E-state index in [0.29, 0.717) is 11.3 Å². The number of anilines is 2. The number of carbonyl (C=O) groups excluding carboxylic acids is 2. The number of hydrogen-bond donors (Lipinski definition) is 1. The van der Waals surface area contributed by atoms with E-state index in [2.05, 4.69) is 10.2 Å². The highest BCUT2D eigenvalue weighted by Gasteiger charge is 2.19. The molecule has 0 saturated carbocycles. The predicted octanol–water partition coefficient (Wildman–Crippen LogP) is 3.02. The van der Waals surface area contributed by atoms with Gasteiger partial charge in [0.25, 0.3) is 5.91 Å². The molecule has 2 aromatic rings. The Morgan fingerprint density at radius 3 is 2.30 bits per heavy atom. The third-order valence-corrected chi connectivity index (χ3v) is 4.45. The van der Waals surface area contributed by atoms with Gasteiger partial charge in [-0.05, 0) is 50.2 Å². The lowest BCUT2D eigenvalue weighted by Gasteiger charge is -2.28. The molecule has 1 heterocycles. The molecule has 1 aliphatic heterocycles. The fourth-order valence-electron chi connectivity index (χ4n) is 2.79. The number of aryl methyl sites for hydroxylation is 1. The maximum Gasteiger partial charge on any atom is 0.338 e. The summed E-state index contributed by atoms with van der Waals surface area (Å²) in [4.78, 5) is 26.7. The minimum absolute atomic E-state index is 0.366. The molecule has 1 fully saturated rings. The summed E-state index contributed by atoms with van der Waals surface area (Å²) < 4.78 is 10.6. The number of esters is 1. The highest BCUT2D eigenvalue weighted by atomic mass is 16.5. The zero-order chi connectivity index (χ0) is 19.2. The summed E-state index contributed by atoms with van der Waals surface area (Å²) in [6.07, 6.45) is -0.891. The fourth-order valence-corrected chi connectivity index (χ4v) is 2.79. The van der Waals surface area contributed by atoms with Gasteiger partial charge in [-0.15, -0.1) is 0 Å². The summed E-state index contributed by atoms with van der Waals surface area (Å²) in [5.41, 5.74) is 3.23. The van der Waals surface area contributed by atoms with Crippen LogP contribution in [0.4, 0.5) is 11.4 Å². The van der Waals surface area contributed by atoms with Crippen LogP contribution < -0.4 is 10.2 Å². The number of nitrogens with one attached hydrogen (secondary N) is 1. The van der Waals surface area contributed by atoms with Crippen LogP contribution in [0.3, 0.4) is 0 Å². The molecule has 6 heteroatoms. The standard InChI is InChI=1S/C21H24N2O4/c1-15-3-5-17(6-4-15)21(25)27-16(2)20(24)22-18-7-9-19(10-8-18)23-11-13-26-14-12-23/h3-10,16H,11-14H2,1-2H3,(H,22,24)/t16-/m0/s1. The molecule has 142 valence electrons. The average molecular weight is 368 g/mol. The van der Waals surface area contributed by atoms with Crippen LogP contribution in [0, 0.1) is 6.92 Å². The number of rotatable bonds is 5. The van der Waals surface area contributed by atoms with Crippen molar-refractivity contribution in [1.82, 2.24) is 0 Å². The van der Waals surface area contributed by atoms with Gasteiger partial charge in [0, 0.05) is 24.5 Å². The third-order valence-electron chi connectivity index (χ3n) is 4.45. The molecule has 0 bridgehead atoms. The van der Waals surface area contributed by atoms with Crippen LogP contribution in [0.1, 0.15) is 22.8 Å². The minimum atomic E-state index is -0.891. The number of nitrogens with zero attached hydrogens (tertiary/aromatic N) is 1. The summed E-state index contributed by atoms with van der Waals surface area (Å²) in [7, 11) is 0. The van der Waals surface area contributed by atoms with E-state index in [9.17, 15) is 9.59 Å². The molecule has 0 aliphatic carbocycles. The summed E-state index contributed by atoms with van der Waals surface area (Å²) in [6, 6.07) is 14.6.